The van der Waals surface area contributed by atoms with E-state index in [9.17, 15) is 4.79 Å². The van der Waals surface area contributed by atoms with Gasteiger partial charge in [-0.25, -0.2) is 0 Å². The number of hydrogen-bond donors (Lipinski definition) is 0. The van der Waals surface area contributed by atoms with Gasteiger partial charge in [-0.05, 0) is 71.9 Å². The zero-order valence-electron chi connectivity index (χ0n) is 17.5. The summed E-state index contributed by atoms with van der Waals surface area (Å²) < 4.78 is 1.24. The van der Waals surface area contributed by atoms with Gasteiger partial charge in [0.05, 0.1) is 0 Å². The van der Waals surface area contributed by atoms with Crippen LogP contribution in [0.5, 0.6) is 0 Å². The number of hydrogen-bond acceptors (Lipinski definition) is 1. The van der Waals surface area contributed by atoms with Crippen LogP contribution in [0.3, 0.4) is 0 Å². The van der Waals surface area contributed by atoms with Gasteiger partial charge in [0.1, 0.15) is 0 Å². The zero-order chi connectivity index (χ0) is 20.0. The summed E-state index contributed by atoms with van der Waals surface area (Å²) in [6.45, 7) is 10.9. The summed E-state index contributed by atoms with van der Waals surface area (Å²) >= 11 is 3.74. The van der Waals surface area contributed by atoms with Gasteiger partial charge >= 0.3 is 0 Å². The van der Waals surface area contributed by atoms with Crippen molar-refractivity contribution in [3.63, 3.8) is 0 Å². The van der Waals surface area contributed by atoms with Crippen LogP contribution in [-0.4, -0.2) is 5.78 Å². The Labute approximate surface area is 173 Å². The van der Waals surface area contributed by atoms with Crippen LogP contribution >= 0.6 is 15.9 Å². The number of halogens is 1. The molecule has 2 aromatic carbocycles. The van der Waals surface area contributed by atoms with Gasteiger partial charge in [-0.2, -0.15) is 0 Å². The molecule has 0 fully saturated rings. The first kappa shape index (κ1) is 21.9. The number of Topliss-reactive ketones (excluding diaryl/α,β-unsaturated/α-hetero) is 1. The minimum absolute atomic E-state index is 0.297. The maximum atomic E-state index is 13.1. The fraction of sp³-hybridized carbons (Fsp3) is 0.480. The Morgan fingerprint density at radius 2 is 1.15 bits per heavy atom. The number of ketones is 1. The van der Waals surface area contributed by atoms with Crippen LogP contribution < -0.4 is 0 Å². The maximum absolute atomic E-state index is 13.1. The molecule has 146 valence electrons. The summed E-state index contributed by atoms with van der Waals surface area (Å²) in [6, 6.07) is 8.99. The van der Waals surface area contributed by atoms with E-state index in [-0.39, 0.29) is 0 Å². The second kappa shape index (κ2) is 10.2. The third-order valence-corrected chi connectivity index (χ3v) is 6.51. The maximum Gasteiger partial charge on any atom is 0.163 e. The largest absolute Gasteiger partial charge is 0.294 e. The molecule has 2 heteroatoms. The zero-order valence-corrected chi connectivity index (χ0v) is 19.1. The van der Waals surface area contributed by atoms with Gasteiger partial charge in [0.15, 0.2) is 5.78 Å². The molecule has 0 radical (unpaired) electrons. The van der Waals surface area contributed by atoms with Crippen molar-refractivity contribution in [1.29, 1.82) is 0 Å². The van der Waals surface area contributed by atoms with Crippen molar-refractivity contribution in [3.8, 4) is 0 Å². The first-order chi connectivity index (χ1) is 13.0. The average molecular weight is 429 g/mol. The Hall–Kier alpha value is -1.41. The molecule has 0 atom stereocenters. The fourth-order valence-corrected chi connectivity index (χ4v) is 4.61. The smallest absolute Gasteiger partial charge is 0.163 e. The van der Waals surface area contributed by atoms with Crippen LogP contribution in [0, 0.1) is 0 Å². The Morgan fingerprint density at radius 1 is 0.704 bits per heavy atom. The van der Waals surface area contributed by atoms with Crippen molar-refractivity contribution in [2.45, 2.75) is 79.6 Å². The highest BCUT2D eigenvalue weighted by atomic mass is 79.9. The molecular formula is C25H33BrO. The molecule has 0 aliphatic heterocycles. The molecule has 0 aromatic heterocycles. The van der Waals surface area contributed by atoms with Crippen LogP contribution in [0.4, 0.5) is 0 Å². The van der Waals surface area contributed by atoms with Crippen molar-refractivity contribution < 1.29 is 4.79 Å². The normalized spacial score (nSPS) is 11.0. The molecule has 0 amide bonds. The van der Waals surface area contributed by atoms with E-state index in [4.69, 9.17) is 0 Å². The number of rotatable bonds is 9. The van der Waals surface area contributed by atoms with Crippen LogP contribution in [-0.2, 0) is 38.5 Å². The molecule has 2 rings (SSSR count). The molecule has 0 N–H and O–H groups in total. The Bertz CT molecular complexity index is 754. The summed E-state index contributed by atoms with van der Waals surface area (Å²) in [5.41, 5.74) is 8.72. The lowest BCUT2D eigenvalue weighted by molar-refractivity contribution is 0.0981. The van der Waals surface area contributed by atoms with Gasteiger partial charge in [0.2, 0.25) is 0 Å². The lowest BCUT2D eigenvalue weighted by atomic mass is 9.89. The van der Waals surface area contributed by atoms with Crippen LogP contribution in [0.2, 0.25) is 0 Å². The van der Waals surface area contributed by atoms with Gasteiger partial charge in [0.25, 0.3) is 0 Å². The van der Waals surface area contributed by atoms with Crippen molar-refractivity contribution in [2.24, 2.45) is 0 Å². The van der Waals surface area contributed by atoms with E-state index in [1.54, 1.807) is 0 Å². The van der Waals surface area contributed by atoms with Gasteiger partial charge in [-0.15, -0.1) is 0 Å². The summed E-state index contributed by atoms with van der Waals surface area (Å²) in [6.07, 6.45) is 6.27. The quantitative estimate of drug-likeness (QED) is 0.390. The van der Waals surface area contributed by atoms with Crippen molar-refractivity contribution in [1.82, 2.24) is 0 Å². The molecule has 0 spiro atoms. The summed E-state index contributed by atoms with van der Waals surface area (Å²) in [5, 5.41) is 0. The van der Waals surface area contributed by atoms with E-state index >= 15 is 0 Å². The first-order valence-electron chi connectivity index (χ1n) is 10.5. The van der Waals surface area contributed by atoms with Gasteiger partial charge in [-0.1, -0.05) is 74.8 Å². The van der Waals surface area contributed by atoms with E-state index in [0.717, 1.165) is 44.1 Å². The minimum atomic E-state index is 0.297. The second-order valence-corrected chi connectivity index (χ2v) is 8.00. The Kier molecular flexibility index (Phi) is 8.28. The Morgan fingerprint density at radius 3 is 1.56 bits per heavy atom. The van der Waals surface area contributed by atoms with Crippen LogP contribution in [0.15, 0.2) is 28.7 Å². The molecule has 0 unspecified atom stereocenters. The third kappa shape index (κ3) is 5.10. The standard InChI is InChI=1S/C25H33BrO/c1-6-17-13-19(7-2)24(20(8-3)14-17)23(27)12-11-18-15-21(9-4)25(26)22(10-5)16-18/h13-16H,6-12H2,1-5H3. The van der Waals surface area contributed by atoms with E-state index in [0.29, 0.717) is 12.2 Å². The predicted octanol–water partition coefficient (Wildman–Crippen LogP) is 7.08. The van der Waals surface area contributed by atoms with Crippen LogP contribution in [0.25, 0.3) is 0 Å². The number of carbonyl (C=O) groups is 1. The SMILES string of the molecule is CCc1cc(CC)c(C(=O)CCc2cc(CC)c(Br)c(CC)c2)c(CC)c1. The lowest BCUT2D eigenvalue weighted by Crippen LogP contribution is -2.10. The summed E-state index contributed by atoms with van der Waals surface area (Å²) in [5.74, 6) is 0.297. The molecule has 2 aromatic rings. The highest BCUT2D eigenvalue weighted by Crippen LogP contribution is 2.27. The second-order valence-electron chi connectivity index (χ2n) is 7.21. The van der Waals surface area contributed by atoms with Crippen molar-refractivity contribution >= 4 is 21.7 Å². The molecule has 27 heavy (non-hydrogen) atoms. The molecule has 0 saturated carbocycles. The van der Waals surface area contributed by atoms with Crippen LogP contribution in [0.1, 0.15) is 84.8 Å². The minimum Gasteiger partial charge on any atom is -0.294 e. The van der Waals surface area contributed by atoms with E-state index in [1.807, 2.05) is 0 Å². The molecule has 0 saturated heterocycles. The fourth-order valence-electron chi connectivity index (χ4n) is 3.82. The van der Waals surface area contributed by atoms with Gasteiger partial charge in [-0.3, -0.25) is 4.79 Å². The average Bonchev–Trinajstić information content (AvgIpc) is 2.71. The first-order valence-corrected chi connectivity index (χ1v) is 11.3. The van der Waals surface area contributed by atoms with E-state index in [1.165, 1.54) is 37.9 Å². The van der Waals surface area contributed by atoms with E-state index < -0.39 is 0 Å². The van der Waals surface area contributed by atoms with Crippen molar-refractivity contribution in [3.05, 3.63) is 67.7 Å². The lowest BCUT2D eigenvalue weighted by Gasteiger charge is -2.15. The number of aryl methyl sites for hydroxylation is 6. The monoisotopic (exact) mass is 428 g/mol. The molecule has 0 heterocycles. The predicted molar refractivity (Wildman–Crippen MR) is 120 cm³/mol. The highest BCUT2D eigenvalue weighted by molar-refractivity contribution is 9.10. The summed E-state index contributed by atoms with van der Waals surface area (Å²) in [4.78, 5) is 13.1. The highest BCUT2D eigenvalue weighted by Gasteiger charge is 2.16. The number of carbonyl (C=O) groups excluding carboxylic acids is 1. The van der Waals surface area contributed by atoms with Crippen molar-refractivity contribution in [2.75, 3.05) is 0 Å². The number of benzene rings is 2. The molecule has 0 aliphatic carbocycles. The van der Waals surface area contributed by atoms with E-state index in [2.05, 4.69) is 74.8 Å². The summed E-state index contributed by atoms with van der Waals surface area (Å²) in [7, 11) is 0. The molecule has 0 aliphatic rings. The topological polar surface area (TPSA) is 17.1 Å². The third-order valence-electron chi connectivity index (χ3n) is 5.50. The molecule has 0 bridgehead atoms. The molecular weight excluding hydrogens is 396 g/mol. The molecule has 1 nitrogen and oxygen atoms in total. The van der Waals surface area contributed by atoms with Gasteiger partial charge in [0, 0.05) is 16.5 Å². The Balaban J connectivity index is 2.28. The van der Waals surface area contributed by atoms with Gasteiger partial charge < -0.3 is 0 Å².